The van der Waals surface area contributed by atoms with Crippen LogP contribution in [0, 0.1) is 5.92 Å². The molecule has 3 fully saturated rings. The Morgan fingerprint density at radius 1 is 1.12 bits per heavy atom. The molecule has 0 aromatic carbocycles. The highest BCUT2D eigenvalue weighted by molar-refractivity contribution is 5.80. The van der Waals surface area contributed by atoms with E-state index in [1.54, 1.807) is 0 Å². The molecule has 2 saturated heterocycles. The maximum atomic E-state index is 12.2. The van der Waals surface area contributed by atoms with Gasteiger partial charge in [-0.15, -0.1) is 0 Å². The van der Waals surface area contributed by atoms with Crippen LogP contribution in [0.25, 0.3) is 0 Å². The monoisotopic (exact) mass is 343 g/mol. The van der Waals surface area contributed by atoms with Crippen molar-refractivity contribution in [1.29, 1.82) is 0 Å². The number of carbonyl (C=O) groups is 1. The highest BCUT2D eigenvalue weighted by Crippen LogP contribution is 2.46. The van der Waals surface area contributed by atoms with E-state index in [0.29, 0.717) is 12.3 Å². The first-order valence-electron chi connectivity index (χ1n) is 9.91. The highest BCUT2D eigenvalue weighted by Gasteiger charge is 2.62. The van der Waals surface area contributed by atoms with Crippen molar-refractivity contribution in [2.75, 3.05) is 0 Å². The molecule has 24 heavy (non-hydrogen) atoms. The second-order valence-electron chi connectivity index (χ2n) is 6.81. The predicted octanol–water partition coefficient (Wildman–Crippen LogP) is 4.70. The van der Waals surface area contributed by atoms with Gasteiger partial charge in [-0.3, -0.25) is 9.57 Å². The Balaban J connectivity index is 0.000000671. The molecule has 3 rings (SSSR count). The fraction of sp³-hybridized carbons (Fsp3) is 0.947. The summed E-state index contributed by atoms with van der Waals surface area (Å²) in [4.78, 5) is 17.8. The minimum absolute atomic E-state index is 0.170. The Hall–Kier alpha value is -0.650. The minimum Gasteiger partial charge on any atom is -0.429 e. The summed E-state index contributed by atoms with van der Waals surface area (Å²) in [6.45, 7) is 12.4. The van der Waals surface area contributed by atoms with E-state index in [1.165, 1.54) is 6.42 Å². The molecule has 5 nitrogen and oxygen atoms in total. The smallest absolute Gasteiger partial charge is 0.371 e. The molecule has 5 heteroatoms. The van der Waals surface area contributed by atoms with Crippen LogP contribution < -0.4 is 5.48 Å². The van der Waals surface area contributed by atoms with Crippen LogP contribution in [-0.4, -0.2) is 23.6 Å². The van der Waals surface area contributed by atoms with Crippen molar-refractivity contribution in [3.05, 3.63) is 0 Å². The van der Waals surface area contributed by atoms with Crippen molar-refractivity contribution < 1.29 is 19.1 Å². The van der Waals surface area contributed by atoms with Crippen LogP contribution in [0.2, 0.25) is 0 Å². The van der Waals surface area contributed by atoms with Gasteiger partial charge in [0.1, 0.15) is 0 Å². The molecule has 2 heterocycles. The van der Waals surface area contributed by atoms with Gasteiger partial charge in [-0.2, -0.15) is 5.48 Å². The molecule has 1 saturated carbocycles. The van der Waals surface area contributed by atoms with E-state index >= 15 is 0 Å². The minimum atomic E-state index is -1.20. The van der Waals surface area contributed by atoms with Gasteiger partial charge in [0.05, 0.1) is 0 Å². The Morgan fingerprint density at radius 2 is 1.75 bits per heavy atom. The summed E-state index contributed by atoms with van der Waals surface area (Å²) in [6.07, 6.45) is 7.52. The summed E-state index contributed by atoms with van der Waals surface area (Å²) in [6, 6.07) is 0.170. The highest BCUT2D eigenvalue weighted by atomic mass is 16.9. The van der Waals surface area contributed by atoms with Crippen LogP contribution in [-0.2, 0) is 19.1 Å². The lowest BCUT2D eigenvalue weighted by atomic mass is 9.94. The Morgan fingerprint density at radius 3 is 2.33 bits per heavy atom. The summed E-state index contributed by atoms with van der Waals surface area (Å²) in [5, 5.41) is 0. The van der Waals surface area contributed by atoms with Crippen molar-refractivity contribution in [2.45, 2.75) is 111 Å². The van der Waals surface area contributed by atoms with Crippen LogP contribution in [0.4, 0.5) is 0 Å². The Kier molecular flexibility index (Phi) is 8.68. The Labute approximate surface area is 147 Å². The quantitative estimate of drug-likeness (QED) is 0.753. The number of ether oxygens (including phenoxy) is 2. The van der Waals surface area contributed by atoms with Gasteiger partial charge in [0.2, 0.25) is 5.79 Å². The van der Waals surface area contributed by atoms with Crippen molar-refractivity contribution in [3.8, 4) is 0 Å². The van der Waals surface area contributed by atoms with Crippen LogP contribution >= 0.6 is 0 Å². The molecule has 1 N–H and O–H groups in total. The van der Waals surface area contributed by atoms with Gasteiger partial charge < -0.3 is 4.74 Å². The van der Waals surface area contributed by atoms with Crippen LogP contribution in [0.1, 0.15) is 92.9 Å². The molecule has 142 valence electrons. The van der Waals surface area contributed by atoms with Crippen LogP contribution in [0.3, 0.4) is 0 Å². The summed E-state index contributed by atoms with van der Waals surface area (Å²) in [5.74, 6) is -1.61. The van der Waals surface area contributed by atoms with Crippen molar-refractivity contribution >= 4 is 5.97 Å². The molecule has 0 aromatic heterocycles. The van der Waals surface area contributed by atoms with Crippen molar-refractivity contribution in [1.82, 2.24) is 5.48 Å². The lowest BCUT2D eigenvalue weighted by molar-refractivity contribution is -0.270. The van der Waals surface area contributed by atoms with E-state index in [-0.39, 0.29) is 12.0 Å². The number of carbonyl (C=O) groups excluding carboxylic acids is 1. The molecule has 0 bridgehead atoms. The molecular weight excluding hydrogens is 306 g/mol. The summed E-state index contributed by atoms with van der Waals surface area (Å²) in [7, 11) is 0. The molecule has 3 aliphatic rings. The van der Waals surface area contributed by atoms with E-state index in [2.05, 4.69) is 19.3 Å². The SMILES string of the molecule is CC.CC.CC(C)CCC1CC2(ON1)OC1(CCCCC1)OC2=O. The number of hydrogen-bond donors (Lipinski definition) is 1. The second kappa shape index (κ2) is 9.73. The zero-order chi connectivity index (χ0) is 18.2. The normalized spacial score (nSPS) is 30.6. The fourth-order valence-electron chi connectivity index (χ4n) is 3.37. The topological polar surface area (TPSA) is 56.8 Å². The maximum absolute atomic E-state index is 12.2. The lowest BCUT2D eigenvalue weighted by Gasteiger charge is -2.31. The average molecular weight is 344 g/mol. The van der Waals surface area contributed by atoms with E-state index in [0.717, 1.165) is 38.5 Å². The van der Waals surface area contributed by atoms with Crippen molar-refractivity contribution in [2.24, 2.45) is 5.92 Å². The predicted molar refractivity (Wildman–Crippen MR) is 95.1 cm³/mol. The van der Waals surface area contributed by atoms with Crippen LogP contribution in [0.5, 0.6) is 0 Å². The fourth-order valence-corrected chi connectivity index (χ4v) is 3.37. The Bertz CT molecular complexity index is 380. The van der Waals surface area contributed by atoms with Crippen LogP contribution in [0.15, 0.2) is 0 Å². The van der Waals surface area contributed by atoms with Gasteiger partial charge >= 0.3 is 5.97 Å². The summed E-state index contributed by atoms with van der Waals surface area (Å²) >= 11 is 0. The van der Waals surface area contributed by atoms with E-state index < -0.39 is 11.6 Å². The van der Waals surface area contributed by atoms with Crippen molar-refractivity contribution in [3.63, 3.8) is 0 Å². The number of nitrogens with one attached hydrogen (secondary N) is 1. The van der Waals surface area contributed by atoms with Gasteiger partial charge in [-0.05, 0) is 31.6 Å². The zero-order valence-electron chi connectivity index (χ0n) is 16.4. The molecule has 1 aliphatic carbocycles. The maximum Gasteiger partial charge on any atom is 0.371 e. The number of hydrogen-bond acceptors (Lipinski definition) is 5. The lowest BCUT2D eigenvalue weighted by Crippen LogP contribution is -2.39. The zero-order valence-corrected chi connectivity index (χ0v) is 16.4. The van der Waals surface area contributed by atoms with Gasteiger partial charge in [-0.25, -0.2) is 4.79 Å². The third kappa shape index (κ3) is 4.93. The third-order valence-electron chi connectivity index (χ3n) is 4.55. The van der Waals surface area contributed by atoms with Gasteiger partial charge in [0.25, 0.3) is 5.79 Å². The number of esters is 1. The second-order valence-corrected chi connectivity index (χ2v) is 6.81. The third-order valence-corrected chi connectivity index (χ3v) is 4.55. The molecule has 0 aromatic rings. The molecule has 2 spiro atoms. The van der Waals surface area contributed by atoms with Gasteiger partial charge in [0, 0.05) is 25.3 Å². The van der Waals surface area contributed by atoms with E-state index in [9.17, 15) is 4.79 Å². The molecular formula is C19H37NO4. The first kappa shape index (κ1) is 21.4. The van der Waals surface area contributed by atoms with Gasteiger partial charge in [-0.1, -0.05) is 48.0 Å². The summed E-state index contributed by atoms with van der Waals surface area (Å²) < 4.78 is 11.6. The molecule has 2 unspecified atom stereocenters. The first-order chi connectivity index (χ1) is 11.5. The molecule has 0 radical (unpaired) electrons. The molecule has 2 aliphatic heterocycles. The summed E-state index contributed by atoms with van der Waals surface area (Å²) in [5.41, 5.74) is 2.97. The van der Waals surface area contributed by atoms with E-state index in [1.807, 2.05) is 27.7 Å². The molecule has 2 atom stereocenters. The number of hydroxylamine groups is 1. The number of rotatable bonds is 3. The largest absolute Gasteiger partial charge is 0.429 e. The molecule has 0 amide bonds. The van der Waals surface area contributed by atoms with Gasteiger partial charge in [0.15, 0.2) is 0 Å². The van der Waals surface area contributed by atoms with E-state index in [4.69, 9.17) is 14.3 Å². The average Bonchev–Trinajstić information content (AvgIpc) is 3.12. The first-order valence-corrected chi connectivity index (χ1v) is 9.91. The standard InChI is InChI=1S/C15H25NO4.2C2H6/c1-11(2)6-7-12-10-15(20-16-12)13(17)18-14(19-15)8-4-3-5-9-14;2*1-2/h11-12,16H,3-10H2,1-2H3;2*1-2H3.